The summed E-state index contributed by atoms with van der Waals surface area (Å²) >= 11 is 1.99. The minimum absolute atomic E-state index is 0.237. The highest BCUT2D eigenvalue weighted by atomic mass is 32.2. The van der Waals surface area contributed by atoms with Crippen LogP contribution in [0.2, 0.25) is 0 Å². The van der Waals surface area contributed by atoms with Gasteiger partial charge in [-0.3, -0.25) is 0 Å². The van der Waals surface area contributed by atoms with Crippen molar-refractivity contribution in [3.8, 4) is 0 Å². The third kappa shape index (κ3) is 3.69. The van der Waals surface area contributed by atoms with Crippen molar-refractivity contribution in [2.45, 2.75) is 32.0 Å². The predicted octanol–water partition coefficient (Wildman–Crippen LogP) is 2.30. The van der Waals surface area contributed by atoms with Gasteiger partial charge in [-0.05, 0) is 36.3 Å². The van der Waals surface area contributed by atoms with Crippen molar-refractivity contribution in [2.75, 3.05) is 11.5 Å². The molecule has 1 aliphatic rings. The van der Waals surface area contributed by atoms with Crippen molar-refractivity contribution >= 4 is 11.8 Å². The van der Waals surface area contributed by atoms with E-state index in [0.717, 1.165) is 17.9 Å². The molecule has 94 valence electrons. The van der Waals surface area contributed by atoms with E-state index in [0.29, 0.717) is 11.6 Å². The van der Waals surface area contributed by atoms with Crippen LogP contribution in [0.3, 0.4) is 0 Å². The molecule has 1 fully saturated rings. The summed E-state index contributed by atoms with van der Waals surface area (Å²) in [7, 11) is 0. The minimum atomic E-state index is -0.329. The lowest BCUT2D eigenvalue weighted by Crippen LogP contribution is -2.33. The Morgan fingerprint density at radius 3 is 3.06 bits per heavy atom. The predicted molar refractivity (Wildman–Crippen MR) is 69.5 cm³/mol. The molecule has 0 aromatic heterocycles. The summed E-state index contributed by atoms with van der Waals surface area (Å²) in [5.74, 6) is 2.10. The Morgan fingerprint density at radius 2 is 2.35 bits per heavy atom. The Bertz CT molecular complexity index is 366. The zero-order valence-electron chi connectivity index (χ0n) is 9.79. The smallest absolute Gasteiger partial charge is 0.128 e. The van der Waals surface area contributed by atoms with Gasteiger partial charge in [0.1, 0.15) is 5.82 Å². The van der Waals surface area contributed by atoms with Gasteiger partial charge in [0.2, 0.25) is 0 Å². The number of benzene rings is 1. The van der Waals surface area contributed by atoms with E-state index >= 15 is 0 Å². The van der Waals surface area contributed by atoms with E-state index in [1.165, 1.54) is 24.7 Å². The molecule has 2 nitrogen and oxygen atoms in total. The normalized spacial score (nSPS) is 20.5. The van der Waals surface area contributed by atoms with Gasteiger partial charge in [-0.25, -0.2) is 4.39 Å². The molecule has 1 atom stereocenters. The first-order valence-electron chi connectivity index (χ1n) is 5.99. The number of hydrogen-bond donors (Lipinski definition) is 2. The number of hydrogen-bond acceptors (Lipinski definition) is 3. The molecule has 1 heterocycles. The lowest BCUT2D eigenvalue weighted by Gasteiger charge is -2.22. The summed E-state index contributed by atoms with van der Waals surface area (Å²) < 4.78 is 13.2. The molecule has 1 saturated heterocycles. The Morgan fingerprint density at radius 1 is 1.47 bits per heavy atom. The van der Waals surface area contributed by atoms with E-state index < -0.39 is 0 Å². The van der Waals surface area contributed by atoms with Crippen LogP contribution >= 0.6 is 11.8 Å². The first kappa shape index (κ1) is 12.9. The molecule has 0 radical (unpaired) electrons. The van der Waals surface area contributed by atoms with E-state index in [4.69, 9.17) is 5.11 Å². The van der Waals surface area contributed by atoms with Gasteiger partial charge in [0.05, 0.1) is 6.61 Å². The van der Waals surface area contributed by atoms with Gasteiger partial charge in [-0.1, -0.05) is 6.07 Å². The highest BCUT2D eigenvalue weighted by Gasteiger charge is 2.12. The maximum absolute atomic E-state index is 13.2. The van der Waals surface area contributed by atoms with Gasteiger partial charge < -0.3 is 10.4 Å². The average Bonchev–Trinajstić information content (AvgIpc) is 2.39. The van der Waals surface area contributed by atoms with Crippen LogP contribution < -0.4 is 5.32 Å². The molecule has 17 heavy (non-hydrogen) atoms. The van der Waals surface area contributed by atoms with Gasteiger partial charge in [0.15, 0.2) is 0 Å². The lowest BCUT2D eigenvalue weighted by molar-refractivity contribution is 0.275. The molecule has 1 aromatic rings. The molecule has 1 aromatic carbocycles. The first-order chi connectivity index (χ1) is 8.29. The van der Waals surface area contributed by atoms with Gasteiger partial charge in [-0.15, -0.1) is 0 Å². The van der Waals surface area contributed by atoms with Crippen molar-refractivity contribution in [1.29, 1.82) is 0 Å². The summed E-state index contributed by atoms with van der Waals surface area (Å²) in [4.78, 5) is 0. The molecular formula is C13H18FNOS. The third-order valence-electron chi connectivity index (χ3n) is 3.04. The number of aliphatic hydroxyl groups is 1. The number of halogens is 1. The highest BCUT2D eigenvalue weighted by Crippen LogP contribution is 2.17. The van der Waals surface area contributed by atoms with Crippen molar-refractivity contribution in [3.05, 3.63) is 35.1 Å². The summed E-state index contributed by atoms with van der Waals surface area (Å²) in [6.45, 7) is 0.511. The van der Waals surface area contributed by atoms with Crippen LogP contribution in [0.25, 0.3) is 0 Å². The Labute approximate surface area is 106 Å². The molecule has 0 bridgehead atoms. The number of nitrogens with one attached hydrogen (secondary N) is 1. The van der Waals surface area contributed by atoms with E-state index in [1.54, 1.807) is 12.1 Å². The van der Waals surface area contributed by atoms with Gasteiger partial charge in [-0.2, -0.15) is 11.8 Å². The van der Waals surface area contributed by atoms with Crippen LogP contribution in [0.1, 0.15) is 24.0 Å². The van der Waals surface area contributed by atoms with Crippen LogP contribution in [-0.2, 0) is 13.2 Å². The number of rotatable bonds is 4. The van der Waals surface area contributed by atoms with Crippen LogP contribution in [0, 0.1) is 5.82 Å². The van der Waals surface area contributed by atoms with Crippen molar-refractivity contribution < 1.29 is 9.50 Å². The van der Waals surface area contributed by atoms with Crippen molar-refractivity contribution in [2.24, 2.45) is 0 Å². The Kier molecular flexibility index (Phi) is 4.83. The fraction of sp³-hybridized carbons (Fsp3) is 0.538. The molecule has 0 aliphatic carbocycles. The maximum Gasteiger partial charge on any atom is 0.128 e. The summed E-state index contributed by atoms with van der Waals surface area (Å²) in [6, 6.07) is 5.50. The summed E-state index contributed by atoms with van der Waals surface area (Å²) in [6.07, 6.45) is 2.49. The minimum Gasteiger partial charge on any atom is -0.392 e. The van der Waals surface area contributed by atoms with Crippen LogP contribution in [0.15, 0.2) is 18.2 Å². The van der Waals surface area contributed by atoms with E-state index in [9.17, 15) is 4.39 Å². The molecule has 1 aliphatic heterocycles. The second-order valence-electron chi connectivity index (χ2n) is 4.38. The number of thioether (sulfide) groups is 1. The van der Waals surface area contributed by atoms with E-state index in [2.05, 4.69) is 5.32 Å². The Hall–Kier alpha value is -0.580. The molecule has 0 spiro atoms. The zero-order chi connectivity index (χ0) is 12.1. The van der Waals surface area contributed by atoms with Gasteiger partial charge in [0, 0.05) is 23.9 Å². The summed E-state index contributed by atoms with van der Waals surface area (Å²) in [5, 5.41) is 12.5. The van der Waals surface area contributed by atoms with Gasteiger partial charge in [0.25, 0.3) is 0 Å². The SMILES string of the molecule is OCc1cc(CN[C@H]2CCCSC2)ccc1F. The first-order valence-corrected chi connectivity index (χ1v) is 7.14. The van der Waals surface area contributed by atoms with Crippen LogP contribution in [0.4, 0.5) is 4.39 Å². The fourth-order valence-corrected chi connectivity index (χ4v) is 3.13. The monoisotopic (exact) mass is 255 g/mol. The molecule has 2 N–H and O–H groups in total. The third-order valence-corrected chi connectivity index (χ3v) is 4.25. The standard InChI is InChI=1S/C13H18FNOS/c14-13-4-3-10(6-11(13)8-16)7-15-12-2-1-5-17-9-12/h3-4,6,12,15-16H,1-2,5,7-9H2/t12-/m0/s1. The molecule has 0 amide bonds. The largest absolute Gasteiger partial charge is 0.392 e. The topological polar surface area (TPSA) is 32.3 Å². The van der Waals surface area contributed by atoms with Crippen molar-refractivity contribution in [1.82, 2.24) is 5.32 Å². The second-order valence-corrected chi connectivity index (χ2v) is 5.53. The van der Waals surface area contributed by atoms with E-state index in [-0.39, 0.29) is 12.4 Å². The second kappa shape index (κ2) is 6.38. The van der Waals surface area contributed by atoms with Crippen LogP contribution in [0.5, 0.6) is 0 Å². The molecule has 2 rings (SSSR count). The van der Waals surface area contributed by atoms with E-state index in [1.807, 2.05) is 11.8 Å². The Balaban J connectivity index is 1.89. The van der Waals surface area contributed by atoms with Gasteiger partial charge >= 0.3 is 0 Å². The maximum atomic E-state index is 13.2. The van der Waals surface area contributed by atoms with Crippen LogP contribution in [-0.4, -0.2) is 22.7 Å². The van der Waals surface area contributed by atoms with Crippen molar-refractivity contribution in [3.63, 3.8) is 0 Å². The lowest BCUT2D eigenvalue weighted by atomic mass is 10.1. The average molecular weight is 255 g/mol. The molecule has 4 heteroatoms. The fourth-order valence-electron chi connectivity index (χ4n) is 2.02. The molecule has 0 unspecified atom stereocenters. The number of aliphatic hydroxyl groups excluding tert-OH is 1. The molecular weight excluding hydrogens is 237 g/mol. The zero-order valence-corrected chi connectivity index (χ0v) is 10.6. The highest BCUT2D eigenvalue weighted by molar-refractivity contribution is 7.99. The quantitative estimate of drug-likeness (QED) is 0.866. The summed E-state index contributed by atoms with van der Waals surface area (Å²) in [5.41, 5.74) is 1.41. The molecule has 0 saturated carbocycles.